The molecule has 0 N–H and O–H groups in total. The van der Waals surface area contributed by atoms with Gasteiger partial charge in [-0.25, -0.2) is 9.48 Å². The molecule has 0 unspecified atom stereocenters. The smallest absolute Gasteiger partial charge is 0.338 e. The second-order valence-electron chi connectivity index (χ2n) is 5.72. The van der Waals surface area contributed by atoms with Gasteiger partial charge in [0.25, 0.3) is 5.91 Å². The van der Waals surface area contributed by atoms with E-state index in [4.69, 9.17) is 16.3 Å². The van der Waals surface area contributed by atoms with E-state index in [0.717, 1.165) is 17.1 Å². The van der Waals surface area contributed by atoms with Crippen molar-refractivity contribution in [2.45, 2.75) is 26.9 Å². The molecule has 0 spiro atoms. The molecule has 0 fully saturated rings. The lowest BCUT2D eigenvalue weighted by molar-refractivity contribution is -0.137. The van der Waals surface area contributed by atoms with Crippen LogP contribution in [0.2, 0.25) is 5.02 Å². The zero-order valence-electron chi connectivity index (χ0n) is 14.3. The fourth-order valence-electron chi connectivity index (χ4n) is 2.26. The molecular weight excluding hydrogens is 330 g/mol. The summed E-state index contributed by atoms with van der Waals surface area (Å²) in [5.74, 6) is -0.812. The van der Waals surface area contributed by atoms with Gasteiger partial charge in [-0.15, -0.1) is 0 Å². The van der Waals surface area contributed by atoms with Gasteiger partial charge < -0.3 is 9.64 Å². The van der Waals surface area contributed by atoms with Crippen molar-refractivity contribution in [1.82, 2.24) is 14.7 Å². The predicted molar refractivity (Wildman–Crippen MR) is 91.6 cm³/mol. The number of carbonyl (C=O) groups excluding carboxylic acids is 2. The van der Waals surface area contributed by atoms with Crippen molar-refractivity contribution in [3.05, 3.63) is 46.2 Å². The molecular formula is C17H20ClN3O3. The van der Waals surface area contributed by atoms with Gasteiger partial charge in [-0.3, -0.25) is 4.79 Å². The van der Waals surface area contributed by atoms with Crippen LogP contribution in [0.15, 0.2) is 24.3 Å². The van der Waals surface area contributed by atoms with Crippen LogP contribution >= 0.6 is 11.6 Å². The van der Waals surface area contributed by atoms with E-state index in [1.165, 1.54) is 4.90 Å². The van der Waals surface area contributed by atoms with Crippen molar-refractivity contribution in [3.63, 3.8) is 0 Å². The number of hydrogen-bond acceptors (Lipinski definition) is 4. The number of esters is 1. The molecule has 0 aliphatic heterocycles. The van der Waals surface area contributed by atoms with Crippen LogP contribution in [0, 0.1) is 13.8 Å². The van der Waals surface area contributed by atoms with Crippen LogP contribution in [-0.4, -0.2) is 46.8 Å². The van der Waals surface area contributed by atoms with E-state index in [9.17, 15) is 9.59 Å². The molecule has 0 saturated carbocycles. The first kappa shape index (κ1) is 18.0. The normalized spacial score (nSPS) is 11.9. The molecule has 2 rings (SSSR count). The first-order valence-electron chi connectivity index (χ1n) is 7.46. The number of rotatable bonds is 4. The molecule has 0 bridgehead atoms. The first-order chi connectivity index (χ1) is 11.2. The first-order valence-corrected chi connectivity index (χ1v) is 7.84. The van der Waals surface area contributed by atoms with Crippen molar-refractivity contribution in [1.29, 1.82) is 0 Å². The van der Waals surface area contributed by atoms with Crippen LogP contribution in [-0.2, 0) is 9.53 Å². The predicted octanol–water partition coefficient (Wildman–Crippen LogP) is 2.78. The summed E-state index contributed by atoms with van der Waals surface area (Å²) in [5.41, 5.74) is 2.73. The lowest BCUT2D eigenvalue weighted by Gasteiger charge is -2.17. The third-order valence-corrected chi connectivity index (χ3v) is 4.17. The van der Waals surface area contributed by atoms with Crippen LogP contribution in [0.25, 0.3) is 5.69 Å². The third kappa shape index (κ3) is 3.59. The number of likely N-dealkylation sites (N-methyl/N-ethyl adjacent to an activating group) is 1. The molecule has 6 nitrogen and oxygen atoms in total. The van der Waals surface area contributed by atoms with E-state index in [0.29, 0.717) is 10.6 Å². The van der Waals surface area contributed by atoms with Gasteiger partial charge in [-0.05, 0) is 45.0 Å². The highest BCUT2D eigenvalue weighted by molar-refractivity contribution is 6.31. The van der Waals surface area contributed by atoms with Gasteiger partial charge in [-0.2, -0.15) is 5.10 Å². The van der Waals surface area contributed by atoms with E-state index >= 15 is 0 Å². The number of halogens is 1. The van der Waals surface area contributed by atoms with Gasteiger partial charge in [0.15, 0.2) is 6.10 Å². The van der Waals surface area contributed by atoms with E-state index in [-0.39, 0.29) is 5.91 Å². The Morgan fingerprint density at radius 2 is 1.79 bits per heavy atom. The number of hydrogen-bond donors (Lipinski definition) is 0. The zero-order valence-corrected chi connectivity index (χ0v) is 15.1. The highest BCUT2D eigenvalue weighted by Gasteiger charge is 2.20. The van der Waals surface area contributed by atoms with E-state index in [1.807, 2.05) is 13.8 Å². The van der Waals surface area contributed by atoms with Crippen molar-refractivity contribution < 1.29 is 14.3 Å². The Labute approximate surface area is 146 Å². The van der Waals surface area contributed by atoms with Gasteiger partial charge in [0, 0.05) is 14.1 Å². The van der Waals surface area contributed by atoms with Crippen LogP contribution in [0.5, 0.6) is 0 Å². The van der Waals surface area contributed by atoms with Crippen LogP contribution in [0.3, 0.4) is 0 Å². The number of aryl methyl sites for hydroxylation is 1. The van der Waals surface area contributed by atoms with E-state index in [2.05, 4.69) is 5.10 Å². The number of carbonyl (C=O) groups is 2. The Morgan fingerprint density at radius 3 is 2.25 bits per heavy atom. The molecule has 1 atom stereocenters. The highest BCUT2D eigenvalue weighted by atomic mass is 35.5. The number of benzene rings is 1. The summed E-state index contributed by atoms with van der Waals surface area (Å²) >= 11 is 6.15. The van der Waals surface area contributed by atoms with E-state index < -0.39 is 12.1 Å². The quantitative estimate of drug-likeness (QED) is 0.796. The average Bonchev–Trinajstić information content (AvgIpc) is 2.81. The molecule has 1 aromatic heterocycles. The summed E-state index contributed by atoms with van der Waals surface area (Å²) in [5, 5.41) is 4.98. The number of ether oxygens (including phenoxy) is 1. The Hall–Kier alpha value is -2.34. The highest BCUT2D eigenvalue weighted by Crippen LogP contribution is 2.22. The van der Waals surface area contributed by atoms with Crippen LogP contribution < -0.4 is 0 Å². The maximum Gasteiger partial charge on any atom is 0.338 e. The zero-order chi connectivity index (χ0) is 18.0. The summed E-state index contributed by atoms with van der Waals surface area (Å²) in [7, 11) is 3.22. The van der Waals surface area contributed by atoms with Gasteiger partial charge in [0.2, 0.25) is 0 Å². The number of amides is 1. The second-order valence-corrected chi connectivity index (χ2v) is 6.10. The molecule has 128 valence electrons. The molecule has 24 heavy (non-hydrogen) atoms. The fraction of sp³-hybridized carbons (Fsp3) is 0.353. The van der Waals surface area contributed by atoms with Crippen molar-refractivity contribution in [2.24, 2.45) is 0 Å². The molecule has 1 aromatic carbocycles. The van der Waals surface area contributed by atoms with Crippen molar-refractivity contribution in [3.8, 4) is 5.69 Å². The summed E-state index contributed by atoms with van der Waals surface area (Å²) in [6.45, 7) is 5.26. The Morgan fingerprint density at radius 1 is 1.21 bits per heavy atom. The summed E-state index contributed by atoms with van der Waals surface area (Å²) < 4.78 is 6.89. The fourth-order valence-corrected chi connectivity index (χ4v) is 2.37. The minimum Gasteiger partial charge on any atom is -0.449 e. The largest absolute Gasteiger partial charge is 0.449 e. The third-order valence-electron chi connectivity index (χ3n) is 3.62. The maximum atomic E-state index is 12.1. The van der Waals surface area contributed by atoms with Crippen molar-refractivity contribution >= 4 is 23.5 Å². The standard InChI is InChI=1S/C17H20ClN3O3/c1-10-15(18)11(2)21(19-10)14-8-6-13(7-9-14)17(23)24-12(3)16(22)20(4)5/h6-9,12H,1-5H3/t12-/m1/s1. The molecule has 1 amide bonds. The molecule has 0 saturated heterocycles. The minimum absolute atomic E-state index is 0.266. The summed E-state index contributed by atoms with van der Waals surface area (Å²) in [6.07, 6.45) is -0.831. The molecule has 7 heteroatoms. The number of nitrogens with zero attached hydrogens (tertiary/aromatic N) is 3. The summed E-state index contributed by atoms with van der Waals surface area (Å²) in [4.78, 5) is 25.2. The van der Waals surface area contributed by atoms with Gasteiger partial charge in [0.1, 0.15) is 0 Å². The SMILES string of the molecule is Cc1nn(-c2ccc(C(=O)O[C@H](C)C(=O)N(C)C)cc2)c(C)c1Cl. The van der Waals surface area contributed by atoms with E-state index in [1.54, 1.807) is 50.0 Å². The van der Waals surface area contributed by atoms with Gasteiger partial charge in [-0.1, -0.05) is 11.6 Å². The maximum absolute atomic E-state index is 12.1. The molecule has 1 heterocycles. The second kappa shape index (κ2) is 7.05. The monoisotopic (exact) mass is 349 g/mol. The topological polar surface area (TPSA) is 64.4 Å². The molecule has 0 radical (unpaired) electrons. The van der Waals surface area contributed by atoms with Crippen LogP contribution in [0.1, 0.15) is 28.7 Å². The lowest BCUT2D eigenvalue weighted by Crippen LogP contribution is -2.34. The number of aromatic nitrogens is 2. The lowest BCUT2D eigenvalue weighted by atomic mass is 10.2. The van der Waals surface area contributed by atoms with Crippen LogP contribution in [0.4, 0.5) is 0 Å². The summed E-state index contributed by atoms with van der Waals surface area (Å²) in [6, 6.07) is 6.78. The Kier molecular flexibility index (Phi) is 5.29. The minimum atomic E-state index is -0.831. The average molecular weight is 350 g/mol. The van der Waals surface area contributed by atoms with Crippen molar-refractivity contribution in [2.75, 3.05) is 14.1 Å². The van der Waals surface area contributed by atoms with Gasteiger partial charge >= 0.3 is 5.97 Å². The Bertz CT molecular complexity index is 766. The molecule has 0 aliphatic rings. The molecule has 2 aromatic rings. The Balaban J connectivity index is 2.16. The molecule has 0 aliphatic carbocycles. The van der Waals surface area contributed by atoms with Gasteiger partial charge in [0.05, 0.1) is 27.7 Å².